The first-order chi connectivity index (χ1) is 9.94. The van der Waals surface area contributed by atoms with Crippen molar-refractivity contribution in [2.75, 3.05) is 13.2 Å². The summed E-state index contributed by atoms with van der Waals surface area (Å²) in [6, 6.07) is 0. The van der Waals surface area contributed by atoms with E-state index in [4.69, 9.17) is 9.47 Å². The van der Waals surface area contributed by atoms with Gasteiger partial charge in [-0.05, 0) is 18.8 Å². The summed E-state index contributed by atoms with van der Waals surface area (Å²) in [5.41, 5.74) is 2.65. The van der Waals surface area contributed by atoms with Crippen molar-refractivity contribution < 1.29 is 9.47 Å². The summed E-state index contributed by atoms with van der Waals surface area (Å²) in [4.78, 5) is 8.94. The molecular formula is C17H28N2O2. The lowest BCUT2D eigenvalue weighted by Crippen LogP contribution is -2.50. The Morgan fingerprint density at radius 1 is 1.05 bits per heavy atom. The van der Waals surface area contributed by atoms with Crippen molar-refractivity contribution >= 4 is 0 Å². The van der Waals surface area contributed by atoms with Crippen LogP contribution in [0.2, 0.25) is 0 Å². The molecule has 4 nitrogen and oxygen atoms in total. The molecule has 2 aliphatic heterocycles. The van der Waals surface area contributed by atoms with Gasteiger partial charge in [0, 0.05) is 11.3 Å². The molecule has 0 bridgehead atoms. The average molecular weight is 292 g/mol. The molecule has 1 spiro atoms. The summed E-state index contributed by atoms with van der Waals surface area (Å²) >= 11 is 0. The number of hydrogen-bond acceptors (Lipinski definition) is 4. The van der Waals surface area contributed by atoms with E-state index in [1.165, 1.54) is 5.56 Å². The molecule has 3 heterocycles. The van der Waals surface area contributed by atoms with Gasteiger partial charge < -0.3 is 9.47 Å². The van der Waals surface area contributed by atoms with E-state index in [1.807, 2.05) is 13.8 Å². The quantitative estimate of drug-likeness (QED) is 0.836. The summed E-state index contributed by atoms with van der Waals surface area (Å²) in [7, 11) is 0. The summed E-state index contributed by atoms with van der Waals surface area (Å²) in [5, 5.41) is 0. The third kappa shape index (κ3) is 2.11. The fourth-order valence-electron chi connectivity index (χ4n) is 3.67. The number of aromatic nitrogens is 2. The van der Waals surface area contributed by atoms with Crippen LogP contribution in [0.5, 0.6) is 0 Å². The van der Waals surface area contributed by atoms with Gasteiger partial charge >= 0.3 is 0 Å². The molecule has 3 rings (SSSR count). The Morgan fingerprint density at radius 3 is 2.05 bits per heavy atom. The Kier molecular flexibility index (Phi) is 4.41. The Bertz CT molecular complexity index is 500. The van der Waals surface area contributed by atoms with E-state index in [9.17, 15) is 0 Å². The van der Waals surface area contributed by atoms with Crippen LogP contribution in [0.15, 0.2) is 6.33 Å². The van der Waals surface area contributed by atoms with Crippen molar-refractivity contribution in [1.82, 2.24) is 9.97 Å². The molecule has 1 aromatic rings. The molecule has 21 heavy (non-hydrogen) atoms. The Labute approximate surface area is 128 Å². The standard InChI is InChI=1S/C15H22N2O2.C2H6/c1-9(2)15(10(3)4)12-11(5)16-8-17-13(12)14(19-15)6-18-7-14;1-2/h8-10H,6-7H2,1-5H3;1-2H3. The lowest BCUT2D eigenvalue weighted by Gasteiger charge is -2.44. The third-order valence-electron chi connectivity index (χ3n) is 4.61. The van der Waals surface area contributed by atoms with Crippen LogP contribution >= 0.6 is 0 Å². The first-order valence-electron chi connectivity index (χ1n) is 8.04. The van der Waals surface area contributed by atoms with Crippen LogP contribution in [-0.4, -0.2) is 23.2 Å². The first kappa shape index (κ1) is 16.4. The zero-order chi connectivity index (χ0) is 15.8. The lowest BCUT2D eigenvalue weighted by molar-refractivity contribution is -0.277. The number of rotatable bonds is 2. The summed E-state index contributed by atoms with van der Waals surface area (Å²) in [6.07, 6.45) is 1.65. The van der Waals surface area contributed by atoms with Crippen molar-refractivity contribution in [2.45, 2.75) is 59.7 Å². The molecule has 0 saturated carbocycles. The number of fused-ring (bicyclic) bond motifs is 2. The van der Waals surface area contributed by atoms with Crippen LogP contribution in [0.1, 0.15) is 58.5 Å². The second-order valence-electron chi connectivity index (χ2n) is 6.37. The molecule has 1 fully saturated rings. The highest BCUT2D eigenvalue weighted by Crippen LogP contribution is 2.56. The maximum Gasteiger partial charge on any atom is 0.158 e. The zero-order valence-electron chi connectivity index (χ0n) is 14.4. The second kappa shape index (κ2) is 5.65. The number of aryl methyl sites for hydroxylation is 1. The van der Waals surface area contributed by atoms with E-state index >= 15 is 0 Å². The van der Waals surface area contributed by atoms with Crippen LogP contribution in [0.25, 0.3) is 0 Å². The van der Waals surface area contributed by atoms with Gasteiger partial charge in [0.1, 0.15) is 11.9 Å². The highest BCUT2D eigenvalue weighted by Gasteiger charge is 2.61. The molecule has 0 unspecified atom stereocenters. The molecule has 1 aromatic heterocycles. The maximum absolute atomic E-state index is 6.62. The van der Waals surface area contributed by atoms with Gasteiger partial charge in [0.15, 0.2) is 5.60 Å². The van der Waals surface area contributed by atoms with E-state index in [1.54, 1.807) is 6.33 Å². The minimum absolute atomic E-state index is 0.301. The lowest BCUT2D eigenvalue weighted by atomic mass is 9.74. The molecule has 4 heteroatoms. The van der Waals surface area contributed by atoms with Gasteiger partial charge in [0.25, 0.3) is 0 Å². The van der Waals surface area contributed by atoms with Gasteiger partial charge in [-0.2, -0.15) is 0 Å². The summed E-state index contributed by atoms with van der Waals surface area (Å²) in [5.74, 6) is 0.742. The van der Waals surface area contributed by atoms with Crippen molar-refractivity contribution in [3.8, 4) is 0 Å². The van der Waals surface area contributed by atoms with Crippen LogP contribution in [-0.2, 0) is 20.7 Å². The summed E-state index contributed by atoms with van der Waals surface area (Å²) < 4.78 is 12.0. The molecule has 0 N–H and O–H groups in total. The van der Waals surface area contributed by atoms with E-state index < -0.39 is 0 Å². The third-order valence-corrected chi connectivity index (χ3v) is 4.61. The topological polar surface area (TPSA) is 44.2 Å². The Hall–Kier alpha value is -1.00. The number of nitrogens with zero attached hydrogens (tertiary/aromatic N) is 2. The largest absolute Gasteiger partial charge is 0.374 e. The SMILES string of the molecule is CC.Cc1ncnc2c1C(C(C)C)(C(C)C)OC21COC1. The maximum atomic E-state index is 6.62. The van der Waals surface area contributed by atoms with Crippen LogP contribution in [0.4, 0.5) is 0 Å². The minimum atomic E-state index is -0.336. The monoisotopic (exact) mass is 292 g/mol. The van der Waals surface area contributed by atoms with Gasteiger partial charge in [0.2, 0.25) is 0 Å². The van der Waals surface area contributed by atoms with E-state index in [2.05, 4.69) is 44.6 Å². The molecule has 0 amide bonds. The smallest absolute Gasteiger partial charge is 0.158 e. The van der Waals surface area contributed by atoms with Gasteiger partial charge in [-0.1, -0.05) is 41.5 Å². The van der Waals surface area contributed by atoms with Crippen LogP contribution in [0, 0.1) is 18.8 Å². The van der Waals surface area contributed by atoms with Crippen molar-refractivity contribution in [2.24, 2.45) is 11.8 Å². The van der Waals surface area contributed by atoms with E-state index in [-0.39, 0.29) is 11.2 Å². The molecule has 118 valence electrons. The predicted octanol–water partition coefficient (Wildman–Crippen LogP) is 3.57. The van der Waals surface area contributed by atoms with E-state index in [0.717, 1.165) is 11.4 Å². The second-order valence-corrected chi connectivity index (χ2v) is 6.37. The highest BCUT2D eigenvalue weighted by atomic mass is 16.6. The number of ether oxygens (including phenoxy) is 2. The van der Waals surface area contributed by atoms with Crippen molar-refractivity contribution in [3.05, 3.63) is 23.3 Å². The van der Waals surface area contributed by atoms with Crippen LogP contribution < -0.4 is 0 Å². The first-order valence-corrected chi connectivity index (χ1v) is 8.04. The molecule has 0 aliphatic carbocycles. The van der Waals surface area contributed by atoms with Gasteiger partial charge in [-0.15, -0.1) is 0 Å². The molecule has 0 atom stereocenters. The minimum Gasteiger partial charge on any atom is -0.374 e. The fourth-order valence-corrected chi connectivity index (χ4v) is 3.67. The van der Waals surface area contributed by atoms with E-state index in [0.29, 0.717) is 25.0 Å². The number of hydrogen-bond donors (Lipinski definition) is 0. The molecule has 0 radical (unpaired) electrons. The average Bonchev–Trinajstić information content (AvgIpc) is 2.75. The Balaban J connectivity index is 0.000000774. The molecule has 0 aromatic carbocycles. The fraction of sp³-hybridized carbons (Fsp3) is 0.765. The highest BCUT2D eigenvalue weighted by molar-refractivity contribution is 5.41. The molecular weight excluding hydrogens is 264 g/mol. The molecule has 1 saturated heterocycles. The van der Waals surface area contributed by atoms with Crippen molar-refractivity contribution in [3.63, 3.8) is 0 Å². The van der Waals surface area contributed by atoms with Crippen LogP contribution in [0.3, 0.4) is 0 Å². The molecule has 2 aliphatic rings. The van der Waals surface area contributed by atoms with Gasteiger partial charge in [-0.25, -0.2) is 9.97 Å². The Morgan fingerprint density at radius 2 is 1.62 bits per heavy atom. The summed E-state index contributed by atoms with van der Waals surface area (Å²) in [6.45, 7) is 16.1. The van der Waals surface area contributed by atoms with Gasteiger partial charge in [0.05, 0.1) is 18.9 Å². The zero-order valence-corrected chi connectivity index (χ0v) is 14.4. The van der Waals surface area contributed by atoms with Gasteiger partial charge in [-0.3, -0.25) is 0 Å². The predicted molar refractivity (Wildman–Crippen MR) is 83.1 cm³/mol. The van der Waals surface area contributed by atoms with Crippen molar-refractivity contribution in [1.29, 1.82) is 0 Å². The normalized spacial score (nSPS) is 21.0.